The van der Waals surface area contributed by atoms with E-state index in [2.05, 4.69) is 27.3 Å². The zero-order chi connectivity index (χ0) is 13.1. The van der Waals surface area contributed by atoms with Crippen LogP contribution in [0.25, 0.3) is 0 Å². The Hall–Kier alpha value is -1.38. The summed E-state index contributed by atoms with van der Waals surface area (Å²) in [7, 11) is 0. The Balaban J connectivity index is 2.04. The largest absolute Gasteiger partial charge is 0.365 e. The monoisotopic (exact) mass is 308 g/mol. The van der Waals surface area contributed by atoms with E-state index in [0.717, 1.165) is 12.8 Å². The number of nitriles is 1. The molecule has 1 aromatic rings. The van der Waals surface area contributed by atoms with Crippen molar-refractivity contribution in [1.82, 2.24) is 0 Å². The zero-order valence-electron chi connectivity index (χ0n) is 9.94. The van der Waals surface area contributed by atoms with Gasteiger partial charge in [0.1, 0.15) is 12.2 Å². The van der Waals surface area contributed by atoms with Gasteiger partial charge in [0.25, 0.3) is 5.91 Å². The molecule has 0 aliphatic carbocycles. The highest BCUT2D eigenvalue weighted by molar-refractivity contribution is 9.10. The van der Waals surface area contributed by atoms with Crippen molar-refractivity contribution in [1.29, 1.82) is 5.26 Å². The second-order valence-electron chi connectivity index (χ2n) is 4.31. The van der Waals surface area contributed by atoms with Gasteiger partial charge in [-0.25, -0.2) is 0 Å². The van der Waals surface area contributed by atoms with E-state index in [1.54, 1.807) is 18.2 Å². The van der Waals surface area contributed by atoms with Gasteiger partial charge in [-0.2, -0.15) is 5.26 Å². The van der Waals surface area contributed by atoms with Gasteiger partial charge in [0.05, 0.1) is 11.7 Å². The predicted molar refractivity (Wildman–Crippen MR) is 71.1 cm³/mol. The lowest BCUT2D eigenvalue weighted by Gasteiger charge is -2.12. The third-order valence-electron chi connectivity index (χ3n) is 2.88. The standard InChI is InChI=1S/C13H13BrN2O2/c1-8-2-5-12(18-8)13(17)16-10-4-3-9(7-15)11(14)6-10/h3-4,6,8,12H,2,5H2,1H3,(H,16,17). The molecule has 0 aromatic heterocycles. The number of amides is 1. The van der Waals surface area contributed by atoms with Gasteiger partial charge < -0.3 is 10.1 Å². The first-order chi connectivity index (χ1) is 8.60. The minimum atomic E-state index is -0.366. The van der Waals surface area contributed by atoms with Gasteiger partial charge in [-0.3, -0.25) is 4.79 Å². The average Bonchev–Trinajstić information content (AvgIpc) is 2.76. The Labute approximate surface area is 114 Å². The fraction of sp³-hybridized carbons (Fsp3) is 0.385. The van der Waals surface area contributed by atoms with Crippen LogP contribution in [0, 0.1) is 11.3 Å². The van der Waals surface area contributed by atoms with E-state index in [1.807, 2.05) is 6.92 Å². The summed E-state index contributed by atoms with van der Waals surface area (Å²) in [5.74, 6) is -0.129. The zero-order valence-corrected chi connectivity index (χ0v) is 11.5. The Bertz CT molecular complexity index is 510. The predicted octanol–water partition coefficient (Wildman–Crippen LogP) is 2.83. The van der Waals surface area contributed by atoms with E-state index in [-0.39, 0.29) is 18.1 Å². The van der Waals surface area contributed by atoms with Gasteiger partial charge in [0.2, 0.25) is 0 Å². The maximum Gasteiger partial charge on any atom is 0.253 e. The van der Waals surface area contributed by atoms with Gasteiger partial charge >= 0.3 is 0 Å². The quantitative estimate of drug-likeness (QED) is 0.914. The number of rotatable bonds is 2. The molecule has 94 valence electrons. The number of nitrogens with zero attached hydrogens (tertiary/aromatic N) is 1. The minimum absolute atomic E-state index is 0.129. The lowest BCUT2D eigenvalue weighted by Crippen LogP contribution is -2.27. The van der Waals surface area contributed by atoms with Gasteiger partial charge in [0.15, 0.2) is 0 Å². The average molecular weight is 309 g/mol. The van der Waals surface area contributed by atoms with Gasteiger partial charge in [-0.05, 0) is 53.9 Å². The van der Waals surface area contributed by atoms with Crippen molar-refractivity contribution in [3.05, 3.63) is 28.2 Å². The highest BCUT2D eigenvalue weighted by Gasteiger charge is 2.28. The van der Waals surface area contributed by atoms with Gasteiger partial charge in [-0.1, -0.05) is 0 Å². The number of halogens is 1. The fourth-order valence-electron chi connectivity index (χ4n) is 1.90. The third-order valence-corrected chi connectivity index (χ3v) is 3.54. The molecule has 1 fully saturated rings. The van der Waals surface area contributed by atoms with Crippen molar-refractivity contribution in [3.63, 3.8) is 0 Å². The first-order valence-corrected chi connectivity index (χ1v) is 6.55. The fourth-order valence-corrected chi connectivity index (χ4v) is 2.37. The van der Waals surface area contributed by atoms with E-state index < -0.39 is 0 Å². The summed E-state index contributed by atoms with van der Waals surface area (Å²) in [6.07, 6.45) is 1.45. The second-order valence-corrected chi connectivity index (χ2v) is 5.16. The molecule has 18 heavy (non-hydrogen) atoms. The molecule has 5 heteroatoms. The van der Waals surface area contributed by atoms with Crippen molar-refractivity contribution in [2.75, 3.05) is 5.32 Å². The van der Waals surface area contributed by atoms with Crippen molar-refractivity contribution in [3.8, 4) is 6.07 Å². The molecular weight excluding hydrogens is 296 g/mol. The number of carbonyl (C=O) groups is 1. The lowest BCUT2D eigenvalue weighted by molar-refractivity contribution is -0.126. The first kappa shape index (κ1) is 13.1. The SMILES string of the molecule is CC1CCC(C(=O)Nc2ccc(C#N)c(Br)c2)O1. The van der Waals surface area contributed by atoms with E-state index >= 15 is 0 Å². The van der Waals surface area contributed by atoms with Gasteiger partial charge in [0, 0.05) is 10.2 Å². The highest BCUT2D eigenvalue weighted by atomic mass is 79.9. The molecule has 2 rings (SSSR count). The van der Waals surface area contributed by atoms with E-state index in [0.29, 0.717) is 15.7 Å². The first-order valence-electron chi connectivity index (χ1n) is 5.76. The molecule has 0 saturated carbocycles. The van der Waals surface area contributed by atoms with Crippen LogP contribution in [0.15, 0.2) is 22.7 Å². The smallest absolute Gasteiger partial charge is 0.253 e. The molecule has 0 bridgehead atoms. The minimum Gasteiger partial charge on any atom is -0.365 e. The Morgan fingerprint density at radius 3 is 2.89 bits per heavy atom. The molecule has 1 aliphatic rings. The van der Waals surface area contributed by atoms with E-state index in [1.165, 1.54) is 0 Å². The highest BCUT2D eigenvalue weighted by Crippen LogP contribution is 2.23. The molecule has 4 nitrogen and oxygen atoms in total. The summed E-state index contributed by atoms with van der Waals surface area (Å²) in [4.78, 5) is 11.9. The summed E-state index contributed by atoms with van der Waals surface area (Å²) < 4.78 is 6.16. The Morgan fingerprint density at radius 1 is 1.56 bits per heavy atom. The molecule has 1 heterocycles. The number of nitrogens with one attached hydrogen (secondary N) is 1. The molecule has 0 spiro atoms. The van der Waals surface area contributed by atoms with Crippen LogP contribution in [0.4, 0.5) is 5.69 Å². The number of ether oxygens (including phenoxy) is 1. The summed E-state index contributed by atoms with van der Waals surface area (Å²) >= 11 is 3.29. The number of anilines is 1. The number of benzene rings is 1. The van der Waals surface area contributed by atoms with Crippen LogP contribution in [-0.2, 0) is 9.53 Å². The maximum absolute atomic E-state index is 11.9. The number of hydrogen-bond acceptors (Lipinski definition) is 3. The van der Waals surface area contributed by atoms with E-state index in [4.69, 9.17) is 10.00 Å². The summed E-state index contributed by atoms with van der Waals surface area (Å²) in [5.41, 5.74) is 1.20. The summed E-state index contributed by atoms with van der Waals surface area (Å²) in [5, 5.41) is 11.6. The van der Waals surface area contributed by atoms with Crippen molar-refractivity contribution >= 4 is 27.5 Å². The van der Waals surface area contributed by atoms with Crippen LogP contribution in [0.5, 0.6) is 0 Å². The second kappa shape index (κ2) is 5.51. The van der Waals surface area contributed by atoms with Gasteiger partial charge in [-0.15, -0.1) is 0 Å². The topological polar surface area (TPSA) is 62.1 Å². The molecule has 1 amide bonds. The molecule has 1 saturated heterocycles. The molecular formula is C13H13BrN2O2. The Kier molecular flexibility index (Phi) is 4.00. The Morgan fingerprint density at radius 2 is 2.33 bits per heavy atom. The maximum atomic E-state index is 11.9. The van der Waals surface area contributed by atoms with Crippen LogP contribution in [0.1, 0.15) is 25.3 Å². The molecule has 2 unspecified atom stereocenters. The summed E-state index contributed by atoms with van der Waals surface area (Å²) in [6.45, 7) is 1.96. The summed E-state index contributed by atoms with van der Waals surface area (Å²) in [6, 6.07) is 7.14. The third kappa shape index (κ3) is 2.89. The van der Waals surface area contributed by atoms with Crippen LogP contribution in [0.2, 0.25) is 0 Å². The number of carbonyl (C=O) groups excluding carboxylic acids is 1. The van der Waals surface area contributed by atoms with Crippen LogP contribution < -0.4 is 5.32 Å². The molecule has 1 aromatic carbocycles. The van der Waals surface area contributed by atoms with Crippen molar-refractivity contribution in [2.24, 2.45) is 0 Å². The molecule has 2 atom stereocenters. The molecule has 1 aliphatic heterocycles. The van der Waals surface area contributed by atoms with Crippen LogP contribution >= 0.6 is 15.9 Å². The van der Waals surface area contributed by atoms with Crippen LogP contribution in [0.3, 0.4) is 0 Å². The van der Waals surface area contributed by atoms with E-state index in [9.17, 15) is 4.79 Å². The molecule has 1 N–H and O–H groups in total. The molecule has 0 radical (unpaired) electrons. The van der Waals surface area contributed by atoms with Crippen molar-refractivity contribution in [2.45, 2.75) is 32.0 Å². The number of hydrogen-bond donors (Lipinski definition) is 1. The van der Waals surface area contributed by atoms with Crippen molar-refractivity contribution < 1.29 is 9.53 Å². The normalized spacial score (nSPS) is 22.5. The van der Waals surface area contributed by atoms with Crippen LogP contribution in [-0.4, -0.2) is 18.1 Å². The lowest BCUT2D eigenvalue weighted by atomic mass is 10.2.